The van der Waals surface area contributed by atoms with Gasteiger partial charge in [-0.15, -0.1) is 0 Å². The van der Waals surface area contributed by atoms with Crippen LogP contribution in [0.15, 0.2) is 0 Å². The number of aliphatic carboxylic acids is 2. The molecule has 0 aromatic heterocycles. The number of rotatable bonds is 29. The molecule has 4 nitrogen and oxygen atoms in total. The third-order valence-corrected chi connectivity index (χ3v) is 8.34. The Morgan fingerprint density at radius 1 is 0.486 bits per heavy atom. The second-order valence-corrected chi connectivity index (χ2v) is 11.7. The molecule has 3 unspecified atom stereocenters. The van der Waals surface area contributed by atoms with Gasteiger partial charge in [0.1, 0.15) is 0 Å². The quantitative estimate of drug-likeness (QED) is 0.0954. The van der Waals surface area contributed by atoms with E-state index >= 15 is 0 Å². The van der Waals surface area contributed by atoms with Gasteiger partial charge < -0.3 is 10.2 Å². The normalized spacial score (nSPS) is 13.9. The largest absolute Gasteiger partial charge is 0.481 e. The lowest BCUT2D eigenvalue weighted by Gasteiger charge is -2.32. The summed E-state index contributed by atoms with van der Waals surface area (Å²) in [5, 5.41) is 19.4. The minimum atomic E-state index is -0.816. The molecule has 0 spiro atoms. The van der Waals surface area contributed by atoms with Gasteiger partial charge in [-0.1, -0.05) is 156 Å². The number of hydrogen-bond donors (Lipinski definition) is 2. The van der Waals surface area contributed by atoms with Crippen LogP contribution in [-0.4, -0.2) is 22.2 Å². The Morgan fingerprint density at radius 2 is 0.865 bits per heavy atom. The highest BCUT2D eigenvalue weighted by Crippen LogP contribution is 2.37. The molecule has 0 fully saturated rings. The van der Waals surface area contributed by atoms with Gasteiger partial charge >= 0.3 is 11.9 Å². The van der Waals surface area contributed by atoms with Crippen LogP contribution in [0.1, 0.15) is 181 Å². The maximum Gasteiger partial charge on any atom is 0.306 e. The van der Waals surface area contributed by atoms with E-state index in [0.717, 1.165) is 25.7 Å². The van der Waals surface area contributed by atoms with Crippen molar-refractivity contribution in [3.8, 4) is 0 Å². The van der Waals surface area contributed by atoms with Gasteiger partial charge in [0.15, 0.2) is 0 Å². The zero-order valence-electron chi connectivity index (χ0n) is 25.1. The topological polar surface area (TPSA) is 74.6 Å². The number of carboxylic acids is 2. The molecule has 37 heavy (non-hydrogen) atoms. The smallest absolute Gasteiger partial charge is 0.306 e. The maximum absolute atomic E-state index is 12.5. The minimum Gasteiger partial charge on any atom is -0.481 e. The molecule has 0 aromatic rings. The van der Waals surface area contributed by atoms with Gasteiger partial charge in [-0.25, -0.2) is 0 Å². The van der Waals surface area contributed by atoms with Crippen molar-refractivity contribution in [3.05, 3.63) is 0 Å². The van der Waals surface area contributed by atoms with Gasteiger partial charge in [-0.05, 0) is 31.1 Å². The molecule has 0 bridgehead atoms. The Bertz CT molecular complexity index is 518. The Kier molecular flexibility index (Phi) is 25.8. The van der Waals surface area contributed by atoms with Crippen LogP contribution in [0, 0.1) is 17.8 Å². The van der Waals surface area contributed by atoms with E-state index in [1.165, 1.54) is 116 Å². The highest BCUT2D eigenvalue weighted by Gasteiger charge is 2.33. The van der Waals surface area contributed by atoms with Gasteiger partial charge in [-0.2, -0.15) is 0 Å². The molecular formula is C33H64O4. The summed E-state index contributed by atoms with van der Waals surface area (Å²) in [6.45, 7) is 6.75. The Morgan fingerprint density at radius 3 is 1.24 bits per heavy atom. The van der Waals surface area contributed by atoms with E-state index in [2.05, 4.69) is 20.8 Å². The second-order valence-electron chi connectivity index (χ2n) is 11.7. The van der Waals surface area contributed by atoms with Crippen LogP contribution < -0.4 is 0 Å². The Balaban J connectivity index is 5.22. The van der Waals surface area contributed by atoms with Crippen molar-refractivity contribution in [2.45, 2.75) is 181 Å². The highest BCUT2D eigenvalue weighted by atomic mass is 16.4. The molecule has 0 saturated heterocycles. The zero-order valence-corrected chi connectivity index (χ0v) is 25.1. The van der Waals surface area contributed by atoms with Crippen LogP contribution in [0.4, 0.5) is 0 Å². The summed E-state index contributed by atoms with van der Waals surface area (Å²) in [6, 6.07) is 0. The van der Waals surface area contributed by atoms with Gasteiger partial charge in [0.2, 0.25) is 0 Å². The van der Waals surface area contributed by atoms with E-state index in [4.69, 9.17) is 5.11 Å². The molecular weight excluding hydrogens is 460 g/mol. The average Bonchev–Trinajstić information content (AvgIpc) is 2.87. The Hall–Kier alpha value is -1.06. The van der Waals surface area contributed by atoms with Crippen molar-refractivity contribution >= 4 is 11.9 Å². The first-order chi connectivity index (χ1) is 18.0. The first kappa shape index (κ1) is 35.9. The molecule has 0 aliphatic rings. The van der Waals surface area contributed by atoms with Gasteiger partial charge in [0.25, 0.3) is 0 Å². The fourth-order valence-electron chi connectivity index (χ4n) is 6.04. The van der Waals surface area contributed by atoms with Crippen molar-refractivity contribution in [2.24, 2.45) is 17.8 Å². The monoisotopic (exact) mass is 524 g/mol. The van der Waals surface area contributed by atoms with Crippen LogP contribution in [0.3, 0.4) is 0 Å². The van der Waals surface area contributed by atoms with E-state index in [9.17, 15) is 14.7 Å². The molecule has 3 atom stereocenters. The lowest BCUT2D eigenvalue weighted by Crippen LogP contribution is -2.30. The molecule has 0 aliphatic heterocycles. The molecule has 0 rings (SSSR count). The van der Waals surface area contributed by atoms with Gasteiger partial charge in [0.05, 0.1) is 5.92 Å². The van der Waals surface area contributed by atoms with Crippen LogP contribution in [0.5, 0.6) is 0 Å². The summed E-state index contributed by atoms with van der Waals surface area (Å²) in [6.07, 6.45) is 28.4. The molecule has 0 aliphatic carbocycles. The average molecular weight is 525 g/mol. The van der Waals surface area contributed by atoms with Crippen molar-refractivity contribution in [1.82, 2.24) is 0 Å². The molecule has 4 heteroatoms. The van der Waals surface area contributed by atoms with Crippen LogP contribution in [0.2, 0.25) is 0 Å². The number of hydrogen-bond acceptors (Lipinski definition) is 2. The molecule has 2 N–H and O–H groups in total. The van der Waals surface area contributed by atoms with Crippen molar-refractivity contribution in [3.63, 3.8) is 0 Å². The minimum absolute atomic E-state index is 0.0768. The first-order valence-corrected chi connectivity index (χ1v) is 16.4. The summed E-state index contributed by atoms with van der Waals surface area (Å²) in [7, 11) is 0. The van der Waals surface area contributed by atoms with Gasteiger partial charge in [0, 0.05) is 6.42 Å². The molecule has 0 saturated carbocycles. The molecule has 0 radical (unpaired) electrons. The first-order valence-electron chi connectivity index (χ1n) is 16.4. The molecule has 0 heterocycles. The Labute approximate surface area is 230 Å². The van der Waals surface area contributed by atoms with E-state index in [1.54, 1.807) is 0 Å². The molecule has 220 valence electrons. The third kappa shape index (κ3) is 21.6. The molecule has 0 aromatic carbocycles. The summed E-state index contributed by atoms with van der Waals surface area (Å²) in [5.41, 5.74) is 0. The lowest BCUT2D eigenvalue weighted by atomic mass is 9.72. The molecule has 0 amide bonds. The van der Waals surface area contributed by atoms with Crippen LogP contribution in [0.25, 0.3) is 0 Å². The third-order valence-electron chi connectivity index (χ3n) is 8.34. The summed E-state index contributed by atoms with van der Waals surface area (Å²) < 4.78 is 0. The summed E-state index contributed by atoms with van der Waals surface area (Å²) in [5.74, 6) is -1.27. The van der Waals surface area contributed by atoms with E-state index < -0.39 is 17.9 Å². The second kappa shape index (κ2) is 26.5. The van der Waals surface area contributed by atoms with Crippen LogP contribution >= 0.6 is 0 Å². The number of carboxylic acid groups (broad SMARTS) is 2. The maximum atomic E-state index is 12.5. The SMILES string of the molecule is CCCCCCCCCCC(C(CCCCCCC)CCCCCCCC)C(CCCC(=O)O)C(=O)O. The summed E-state index contributed by atoms with van der Waals surface area (Å²) >= 11 is 0. The van der Waals surface area contributed by atoms with Crippen molar-refractivity contribution in [1.29, 1.82) is 0 Å². The van der Waals surface area contributed by atoms with Crippen molar-refractivity contribution < 1.29 is 19.8 Å². The highest BCUT2D eigenvalue weighted by molar-refractivity contribution is 5.70. The lowest BCUT2D eigenvalue weighted by molar-refractivity contribution is -0.146. The zero-order chi connectivity index (χ0) is 27.6. The van der Waals surface area contributed by atoms with E-state index in [0.29, 0.717) is 18.8 Å². The predicted molar refractivity (Wildman–Crippen MR) is 158 cm³/mol. The number of unbranched alkanes of at least 4 members (excludes halogenated alkanes) is 16. The standard InChI is InChI=1S/C33H64O4/c1-4-7-10-13-15-16-19-22-26-30(31(33(36)37)27-23-28-32(34)35)29(24-20-17-12-9-6-3)25-21-18-14-11-8-5-2/h29-31H,4-28H2,1-3H3,(H,34,35)(H,36,37). The van der Waals surface area contributed by atoms with E-state index in [1.807, 2.05) is 0 Å². The van der Waals surface area contributed by atoms with Gasteiger partial charge in [-0.3, -0.25) is 9.59 Å². The number of carbonyl (C=O) groups is 2. The van der Waals surface area contributed by atoms with Crippen LogP contribution in [-0.2, 0) is 9.59 Å². The fraction of sp³-hybridized carbons (Fsp3) is 0.939. The van der Waals surface area contributed by atoms with Crippen molar-refractivity contribution in [2.75, 3.05) is 0 Å². The summed E-state index contributed by atoms with van der Waals surface area (Å²) in [4.78, 5) is 23.6. The predicted octanol–water partition coefficient (Wildman–Crippen LogP) is 10.8. The fourth-order valence-corrected chi connectivity index (χ4v) is 6.04. The van der Waals surface area contributed by atoms with E-state index in [-0.39, 0.29) is 12.3 Å².